The maximum Gasteiger partial charge on any atom is 0.0593 e. The highest BCUT2D eigenvalue weighted by atomic mass is 79.9. The third-order valence-corrected chi connectivity index (χ3v) is 4.62. The van der Waals surface area contributed by atoms with Gasteiger partial charge in [-0.05, 0) is 60.0 Å². The fourth-order valence-corrected chi connectivity index (χ4v) is 2.71. The zero-order valence-corrected chi connectivity index (χ0v) is 13.6. The topological polar surface area (TPSA) is 12.0 Å². The minimum absolute atomic E-state index is 0.231. The number of anilines is 1. The minimum Gasteiger partial charge on any atom is -0.378 e. The van der Waals surface area contributed by atoms with Crippen LogP contribution in [0.15, 0.2) is 40.9 Å². The quantitative estimate of drug-likeness (QED) is 0.735. The van der Waals surface area contributed by atoms with Gasteiger partial charge in [0.2, 0.25) is 0 Å². The van der Waals surface area contributed by atoms with Gasteiger partial charge in [-0.15, -0.1) is 0 Å². The summed E-state index contributed by atoms with van der Waals surface area (Å²) in [4.78, 5) is 0. The number of halogens is 2. The molecule has 0 heterocycles. The molecule has 1 N–H and O–H groups in total. The molecule has 2 rings (SSSR count). The Labute approximate surface area is 128 Å². The summed E-state index contributed by atoms with van der Waals surface area (Å²) in [7, 11) is 0. The fourth-order valence-electron chi connectivity index (χ4n) is 2.15. The lowest BCUT2D eigenvalue weighted by molar-refractivity contribution is 0.871. The lowest BCUT2D eigenvalue weighted by Gasteiger charge is -2.19. The van der Waals surface area contributed by atoms with Crippen LogP contribution in [0.25, 0.3) is 0 Å². The summed E-state index contributed by atoms with van der Waals surface area (Å²) in [6.45, 7) is 6.42. The minimum atomic E-state index is 0.231. The van der Waals surface area contributed by atoms with E-state index in [0.717, 1.165) is 15.2 Å². The largest absolute Gasteiger partial charge is 0.378 e. The molecule has 0 saturated heterocycles. The van der Waals surface area contributed by atoms with Gasteiger partial charge in [0.05, 0.1) is 15.2 Å². The summed E-state index contributed by atoms with van der Waals surface area (Å²) in [5.74, 6) is 0. The lowest BCUT2D eigenvalue weighted by Crippen LogP contribution is -2.09. The Hall–Kier alpha value is -0.990. The second-order valence-electron chi connectivity index (χ2n) is 4.83. The molecular weight excluding hydrogens is 322 g/mol. The highest BCUT2D eigenvalue weighted by Gasteiger charge is 2.11. The van der Waals surface area contributed by atoms with E-state index in [-0.39, 0.29) is 6.04 Å². The molecule has 1 unspecified atom stereocenters. The maximum atomic E-state index is 6.11. The third-order valence-electron chi connectivity index (χ3n) is 3.22. The van der Waals surface area contributed by atoms with Crippen LogP contribution in [0.4, 0.5) is 5.69 Å². The molecule has 100 valence electrons. The second-order valence-corrected chi connectivity index (χ2v) is 6.03. The van der Waals surface area contributed by atoms with Crippen LogP contribution in [-0.4, -0.2) is 0 Å². The van der Waals surface area contributed by atoms with Crippen molar-refractivity contribution in [1.82, 2.24) is 0 Å². The summed E-state index contributed by atoms with van der Waals surface area (Å²) in [6.07, 6.45) is 0. The van der Waals surface area contributed by atoms with Crippen LogP contribution in [0, 0.1) is 13.8 Å². The monoisotopic (exact) mass is 337 g/mol. The number of aryl methyl sites for hydroxylation is 2. The first-order valence-electron chi connectivity index (χ1n) is 6.26. The van der Waals surface area contributed by atoms with Gasteiger partial charge in [0, 0.05) is 6.04 Å². The van der Waals surface area contributed by atoms with Gasteiger partial charge in [-0.3, -0.25) is 0 Å². The smallest absolute Gasteiger partial charge is 0.0593 e. The first-order chi connectivity index (χ1) is 8.99. The molecule has 0 aromatic heterocycles. The Kier molecular flexibility index (Phi) is 4.54. The van der Waals surface area contributed by atoms with Crippen LogP contribution in [0.2, 0.25) is 5.02 Å². The molecule has 2 aromatic carbocycles. The average Bonchev–Trinajstić information content (AvgIpc) is 2.38. The molecule has 0 fully saturated rings. The van der Waals surface area contributed by atoms with Crippen molar-refractivity contribution < 1.29 is 0 Å². The Balaban J connectivity index is 2.28. The number of benzene rings is 2. The Morgan fingerprint density at radius 3 is 2.63 bits per heavy atom. The van der Waals surface area contributed by atoms with Gasteiger partial charge < -0.3 is 5.32 Å². The molecule has 0 bridgehead atoms. The standard InChI is InChI=1S/C16H17BrClN/c1-10-7-8-11(2)13(9-10)12(3)19-15-6-4-5-14(18)16(15)17/h4-9,12,19H,1-3H3. The predicted molar refractivity (Wildman–Crippen MR) is 87.1 cm³/mol. The van der Waals surface area contributed by atoms with Crippen LogP contribution in [0.3, 0.4) is 0 Å². The molecular formula is C16H17BrClN. The van der Waals surface area contributed by atoms with Crippen LogP contribution in [0.5, 0.6) is 0 Å². The van der Waals surface area contributed by atoms with Crippen molar-refractivity contribution in [3.8, 4) is 0 Å². The van der Waals surface area contributed by atoms with Gasteiger partial charge in [-0.25, -0.2) is 0 Å². The van der Waals surface area contributed by atoms with Crippen molar-refractivity contribution in [2.75, 3.05) is 5.32 Å². The first kappa shape index (κ1) is 14.4. The van der Waals surface area contributed by atoms with E-state index in [1.54, 1.807) is 0 Å². The Morgan fingerprint density at radius 1 is 1.16 bits per heavy atom. The van der Waals surface area contributed by atoms with Crippen molar-refractivity contribution in [3.63, 3.8) is 0 Å². The molecule has 19 heavy (non-hydrogen) atoms. The van der Waals surface area contributed by atoms with Gasteiger partial charge in [0.1, 0.15) is 0 Å². The zero-order valence-electron chi connectivity index (χ0n) is 11.3. The molecule has 0 aliphatic rings. The van der Waals surface area contributed by atoms with E-state index in [9.17, 15) is 0 Å². The molecule has 2 aromatic rings. The van der Waals surface area contributed by atoms with Crippen molar-refractivity contribution in [1.29, 1.82) is 0 Å². The lowest BCUT2D eigenvalue weighted by atomic mass is 10.00. The van der Waals surface area contributed by atoms with Crippen LogP contribution in [0.1, 0.15) is 29.7 Å². The molecule has 0 saturated carbocycles. The van der Waals surface area contributed by atoms with Crippen molar-refractivity contribution >= 4 is 33.2 Å². The predicted octanol–water partition coefficient (Wildman–Crippen LogP) is 5.89. The second kappa shape index (κ2) is 5.98. The van der Waals surface area contributed by atoms with Crippen molar-refractivity contribution in [2.24, 2.45) is 0 Å². The molecule has 0 aliphatic carbocycles. The van der Waals surface area contributed by atoms with Crippen molar-refractivity contribution in [2.45, 2.75) is 26.8 Å². The highest BCUT2D eigenvalue weighted by molar-refractivity contribution is 9.10. The summed E-state index contributed by atoms with van der Waals surface area (Å²) < 4.78 is 0.911. The van der Waals surface area contributed by atoms with E-state index in [0.29, 0.717) is 0 Å². The normalized spacial score (nSPS) is 12.3. The van der Waals surface area contributed by atoms with Gasteiger partial charge in [-0.1, -0.05) is 41.4 Å². The molecule has 0 spiro atoms. The fraction of sp³-hybridized carbons (Fsp3) is 0.250. The number of hydrogen-bond acceptors (Lipinski definition) is 1. The molecule has 1 atom stereocenters. The maximum absolute atomic E-state index is 6.11. The van der Waals surface area contributed by atoms with E-state index in [2.05, 4.69) is 60.2 Å². The van der Waals surface area contributed by atoms with Crippen LogP contribution < -0.4 is 5.32 Å². The summed E-state index contributed by atoms with van der Waals surface area (Å²) in [5.41, 5.74) is 4.90. The summed E-state index contributed by atoms with van der Waals surface area (Å²) in [6, 6.07) is 12.6. The zero-order chi connectivity index (χ0) is 14.0. The van der Waals surface area contributed by atoms with E-state index in [4.69, 9.17) is 11.6 Å². The van der Waals surface area contributed by atoms with Gasteiger partial charge in [0.25, 0.3) is 0 Å². The average molecular weight is 339 g/mol. The van der Waals surface area contributed by atoms with Crippen molar-refractivity contribution in [3.05, 3.63) is 62.6 Å². The SMILES string of the molecule is Cc1ccc(C)c(C(C)Nc2cccc(Cl)c2Br)c1. The first-order valence-corrected chi connectivity index (χ1v) is 7.44. The molecule has 0 amide bonds. The van der Waals surface area contributed by atoms with Crippen LogP contribution >= 0.6 is 27.5 Å². The Bertz CT molecular complexity index is 595. The Morgan fingerprint density at radius 2 is 1.89 bits per heavy atom. The molecule has 3 heteroatoms. The van der Waals surface area contributed by atoms with E-state index in [1.165, 1.54) is 16.7 Å². The molecule has 0 radical (unpaired) electrons. The van der Waals surface area contributed by atoms with E-state index >= 15 is 0 Å². The van der Waals surface area contributed by atoms with Crippen LogP contribution in [-0.2, 0) is 0 Å². The molecule has 1 nitrogen and oxygen atoms in total. The van der Waals surface area contributed by atoms with E-state index < -0.39 is 0 Å². The third kappa shape index (κ3) is 3.31. The van der Waals surface area contributed by atoms with Gasteiger partial charge in [0.15, 0.2) is 0 Å². The number of hydrogen-bond donors (Lipinski definition) is 1. The highest BCUT2D eigenvalue weighted by Crippen LogP contribution is 2.33. The summed E-state index contributed by atoms with van der Waals surface area (Å²) in [5, 5.41) is 4.22. The van der Waals surface area contributed by atoms with Gasteiger partial charge >= 0.3 is 0 Å². The summed E-state index contributed by atoms with van der Waals surface area (Å²) >= 11 is 9.63. The van der Waals surface area contributed by atoms with Gasteiger partial charge in [-0.2, -0.15) is 0 Å². The molecule has 0 aliphatic heterocycles. The number of nitrogens with one attached hydrogen (secondary N) is 1. The number of rotatable bonds is 3. The van der Waals surface area contributed by atoms with E-state index in [1.807, 2.05) is 18.2 Å².